The number of amides is 1. The van der Waals surface area contributed by atoms with E-state index in [4.69, 9.17) is 10.6 Å². The Morgan fingerprint density at radius 2 is 2.45 bits per heavy atom. The van der Waals surface area contributed by atoms with Crippen LogP contribution < -0.4 is 21.5 Å². The molecule has 1 aromatic heterocycles. The molecule has 0 saturated carbocycles. The average molecular weight is 279 g/mol. The number of carbonyl (C=O) groups is 1. The number of anilines is 2. The molecule has 1 amide bonds. The molecule has 2 rings (SSSR count). The lowest BCUT2D eigenvalue weighted by Crippen LogP contribution is -2.54. The van der Waals surface area contributed by atoms with Crippen LogP contribution in [0.3, 0.4) is 0 Å². The van der Waals surface area contributed by atoms with Crippen molar-refractivity contribution in [3.8, 4) is 0 Å². The summed E-state index contributed by atoms with van der Waals surface area (Å²) in [5, 5.41) is 2.90. The van der Waals surface area contributed by atoms with Gasteiger partial charge in [-0.1, -0.05) is 13.0 Å². The monoisotopic (exact) mass is 279 g/mol. The van der Waals surface area contributed by atoms with Crippen molar-refractivity contribution >= 4 is 17.5 Å². The number of aromatic nitrogens is 1. The molecule has 1 unspecified atom stereocenters. The lowest BCUT2D eigenvalue weighted by atomic mass is 10.2. The zero-order valence-corrected chi connectivity index (χ0v) is 11.6. The van der Waals surface area contributed by atoms with Crippen LogP contribution >= 0.6 is 0 Å². The van der Waals surface area contributed by atoms with Gasteiger partial charge in [0.25, 0.3) is 0 Å². The van der Waals surface area contributed by atoms with Crippen LogP contribution in [0.5, 0.6) is 0 Å². The van der Waals surface area contributed by atoms with Gasteiger partial charge in [0, 0.05) is 13.1 Å². The maximum absolute atomic E-state index is 12.2. The topological polar surface area (TPSA) is 92.5 Å². The number of nitrogens with one attached hydrogen (secondary N) is 2. The molecule has 1 fully saturated rings. The molecule has 1 saturated heterocycles. The van der Waals surface area contributed by atoms with Crippen LogP contribution in [0.4, 0.5) is 11.6 Å². The summed E-state index contributed by atoms with van der Waals surface area (Å²) in [7, 11) is 0. The van der Waals surface area contributed by atoms with Gasteiger partial charge in [-0.3, -0.25) is 4.79 Å². The van der Waals surface area contributed by atoms with E-state index in [1.54, 1.807) is 6.07 Å². The predicted octanol–water partition coefficient (Wildman–Crippen LogP) is 0.0986. The third-order valence-corrected chi connectivity index (χ3v) is 3.16. The predicted molar refractivity (Wildman–Crippen MR) is 77.3 cm³/mol. The van der Waals surface area contributed by atoms with Crippen LogP contribution in [0.1, 0.15) is 13.3 Å². The van der Waals surface area contributed by atoms with Crippen LogP contribution in [-0.4, -0.2) is 43.2 Å². The number of ether oxygens (including phenoxy) is 1. The highest BCUT2D eigenvalue weighted by atomic mass is 16.5. The fourth-order valence-corrected chi connectivity index (χ4v) is 2.12. The zero-order valence-electron chi connectivity index (χ0n) is 11.6. The highest BCUT2D eigenvalue weighted by molar-refractivity contribution is 5.85. The molecule has 0 bridgehead atoms. The number of nitrogens with two attached hydrogens (primary N) is 1. The molecule has 1 atom stereocenters. The fraction of sp³-hybridized carbons (Fsp3) is 0.538. The van der Waals surface area contributed by atoms with Gasteiger partial charge in [0.05, 0.1) is 13.2 Å². The number of hydrogen-bond acceptors (Lipinski definition) is 6. The summed E-state index contributed by atoms with van der Waals surface area (Å²) >= 11 is 0. The van der Waals surface area contributed by atoms with Gasteiger partial charge in [0.15, 0.2) is 0 Å². The first-order chi connectivity index (χ1) is 9.76. The van der Waals surface area contributed by atoms with E-state index in [1.807, 2.05) is 24.0 Å². The molecule has 7 heteroatoms. The Morgan fingerprint density at radius 1 is 1.60 bits per heavy atom. The van der Waals surface area contributed by atoms with Gasteiger partial charge < -0.3 is 20.4 Å². The maximum atomic E-state index is 12.2. The Bertz CT molecular complexity index is 454. The van der Waals surface area contributed by atoms with Crippen molar-refractivity contribution in [1.29, 1.82) is 0 Å². The molecule has 0 aromatic carbocycles. The number of morpholine rings is 1. The summed E-state index contributed by atoms with van der Waals surface area (Å²) in [6.45, 7) is 4.27. The average Bonchev–Trinajstić information content (AvgIpc) is 2.52. The van der Waals surface area contributed by atoms with Crippen LogP contribution in [0.2, 0.25) is 0 Å². The number of nitrogen functional groups attached to an aromatic ring is 1. The van der Waals surface area contributed by atoms with Gasteiger partial charge in [-0.2, -0.15) is 0 Å². The molecule has 4 N–H and O–H groups in total. The van der Waals surface area contributed by atoms with Crippen molar-refractivity contribution in [3.63, 3.8) is 0 Å². The van der Waals surface area contributed by atoms with Gasteiger partial charge in [-0.15, -0.1) is 0 Å². The van der Waals surface area contributed by atoms with Crippen molar-refractivity contribution in [1.82, 2.24) is 10.3 Å². The van der Waals surface area contributed by atoms with Crippen molar-refractivity contribution in [2.45, 2.75) is 19.4 Å². The summed E-state index contributed by atoms with van der Waals surface area (Å²) < 4.78 is 5.42. The second-order valence-electron chi connectivity index (χ2n) is 4.60. The van der Waals surface area contributed by atoms with Crippen LogP contribution in [-0.2, 0) is 9.53 Å². The van der Waals surface area contributed by atoms with E-state index in [9.17, 15) is 4.79 Å². The Morgan fingerprint density at radius 3 is 3.20 bits per heavy atom. The van der Waals surface area contributed by atoms with Crippen LogP contribution in [0.15, 0.2) is 18.2 Å². The highest BCUT2D eigenvalue weighted by Crippen LogP contribution is 2.19. The number of carbonyl (C=O) groups excluding carboxylic acids is 1. The normalized spacial score (nSPS) is 18.7. The second kappa shape index (κ2) is 7.06. The van der Waals surface area contributed by atoms with Crippen molar-refractivity contribution < 1.29 is 9.53 Å². The number of pyridine rings is 1. The van der Waals surface area contributed by atoms with Gasteiger partial charge in [-0.25, -0.2) is 10.8 Å². The number of rotatable bonds is 5. The second-order valence-corrected chi connectivity index (χ2v) is 4.60. The summed E-state index contributed by atoms with van der Waals surface area (Å²) in [4.78, 5) is 18.5. The summed E-state index contributed by atoms with van der Waals surface area (Å²) in [6, 6.07) is 5.15. The Hall–Kier alpha value is -1.86. The van der Waals surface area contributed by atoms with Crippen LogP contribution in [0.25, 0.3) is 0 Å². The van der Waals surface area contributed by atoms with Crippen LogP contribution in [0, 0.1) is 0 Å². The number of hydrazine groups is 1. The van der Waals surface area contributed by atoms with Gasteiger partial charge in [0.2, 0.25) is 5.91 Å². The lowest BCUT2D eigenvalue weighted by Gasteiger charge is -2.35. The minimum Gasteiger partial charge on any atom is -0.377 e. The molecule has 2 heterocycles. The quantitative estimate of drug-likeness (QED) is 0.523. The fourth-order valence-electron chi connectivity index (χ4n) is 2.12. The molecular formula is C13H21N5O2. The standard InChI is InChI=1S/C13H21N5O2/c1-2-6-15-13(19)10-9-20-8-7-18(10)12-5-3-4-11(16-12)17-14/h3-5,10H,2,6-9,14H2,1H3,(H,15,19)(H,16,17). The molecule has 1 aromatic rings. The van der Waals surface area contributed by atoms with E-state index in [0.717, 1.165) is 12.2 Å². The van der Waals surface area contributed by atoms with E-state index < -0.39 is 0 Å². The first-order valence-corrected chi connectivity index (χ1v) is 6.82. The molecule has 7 nitrogen and oxygen atoms in total. The van der Waals surface area contributed by atoms with E-state index in [2.05, 4.69) is 15.7 Å². The summed E-state index contributed by atoms with van der Waals surface area (Å²) in [5.74, 6) is 6.64. The third kappa shape index (κ3) is 3.37. The summed E-state index contributed by atoms with van der Waals surface area (Å²) in [6.07, 6.45) is 0.907. The molecule has 1 aliphatic heterocycles. The SMILES string of the molecule is CCCNC(=O)C1COCCN1c1cccc(NN)n1. The van der Waals surface area contributed by atoms with Crippen molar-refractivity contribution in [3.05, 3.63) is 18.2 Å². The maximum Gasteiger partial charge on any atom is 0.245 e. The van der Waals surface area contributed by atoms with E-state index in [1.165, 1.54) is 0 Å². The van der Waals surface area contributed by atoms with Gasteiger partial charge >= 0.3 is 0 Å². The lowest BCUT2D eigenvalue weighted by molar-refractivity contribution is -0.124. The first-order valence-electron chi connectivity index (χ1n) is 6.82. The molecule has 20 heavy (non-hydrogen) atoms. The van der Waals surface area contributed by atoms with Crippen molar-refractivity contribution in [2.75, 3.05) is 36.6 Å². The number of hydrogen-bond donors (Lipinski definition) is 3. The van der Waals surface area contributed by atoms with Gasteiger partial charge in [0.1, 0.15) is 17.7 Å². The van der Waals surface area contributed by atoms with E-state index in [0.29, 0.717) is 32.1 Å². The molecule has 1 aliphatic rings. The largest absolute Gasteiger partial charge is 0.377 e. The minimum atomic E-state index is -0.351. The first kappa shape index (κ1) is 14.5. The third-order valence-electron chi connectivity index (χ3n) is 3.16. The highest BCUT2D eigenvalue weighted by Gasteiger charge is 2.30. The van der Waals surface area contributed by atoms with E-state index in [-0.39, 0.29) is 11.9 Å². The Balaban J connectivity index is 2.15. The molecule has 0 aliphatic carbocycles. The number of nitrogens with zero attached hydrogens (tertiary/aromatic N) is 2. The van der Waals surface area contributed by atoms with Gasteiger partial charge in [-0.05, 0) is 18.6 Å². The minimum absolute atomic E-state index is 0.0283. The Labute approximate surface area is 118 Å². The van der Waals surface area contributed by atoms with E-state index >= 15 is 0 Å². The zero-order chi connectivity index (χ0) is 14.4. The molecule has 0 spiro atoms. The summed E-state index contributed by atoms with van der Waals surface area (Å²) in [5.41, 5.74) is 2.52. The van der Waals surface area contributed by atoms with Crippen molar-refractivity contribution in [2.24, 2.45) is 5.84 Å². The molecular weight excluding hydrogens is 258 g/mol. The Kier molecular flexibility index (Phi) is 5.14. The smallest absolute Gasteiger partial charge is 0.245 e. The molecule has 0 radical (unpaired) electrons. The molecule has 110 valence electrons.